The minimum atomic E-state index is -0.476. The summed E-state index contributed by atoms with van der Waals surface area (Å²) in [7, 11) is 0. The SMILES string of the molecule is CCOC(=O)c1nn(CCCc2ccccc2)c2c1CN(C(=O)c1coc3c1C(=O)CCC3)CC2. The summed E-state index contributed by atoms with van der Waals surface area (Å²) in [5.74, 6) is -0.168. The third-order valence-electron chi connectivity index (χ3n) is 6.75. The minimum absolute atomic E-state index is 0.0421. The maximum absolute atomic E-state index is 13.4. The Morgan fingerprint density at radius 1 is 1.14 bits per heavy atom. The topological polar surface area (TPSA) is 94.6 Å². The quantitative estimate of drug-likeness (QED) is 0.480. The van der Waals surface area contributed by atoms with Gasteiger partial charge in [-0.2, -0.15) is 5.10 Å². The van der Waals surface area contributed by atoms with Gasteiger partial charge >= 0.3 is 5.97 Å². The number of esters is 1. The summed E-state index contributed by atoms with van der Waals surface area (Å²) in [5.41, 5.74) is 3.97. The molecule has 2 aromatic heterocycles. The van der Waals surface area contributed by atoms with Crippen molar-refractivity contribution in [1.82, 2.24) is 14.7 Å². The van der Waals surface area contributed by atoms with E-state index in [2.05, 4.69) is 17.2 Å². The van der Waals surface area contributed by atoms with E-state index in [0.717, 1.165) is 30.5 Å². The van der Waals surface area contributed by atoms with Gasteiger partial charge in [-0.25, -0.2) is 4.79 Å². The third-order valence-corrected chi connectivity index (χ3v) is 6.75. The number of amides is 1. The Bertz CT molecular complexity index is 1260. The Labute approximate surface area is 203 Å². The number of aromatic nitrogens is 2. The summed E-state index contributed by atoms with van der Waals surface area (Å²) in [6.07, 6.45) is 5.62. The summed E-state index contributed by atoms with van der Waals surface area (Å²) in [6.45, 7) is 3.41. The van der Waals surface area contributed by atoms with E-state index < -0.39 is 5.97 Å². The highest BCUT2D eigenvalue weighted by atomic mass is 16.5. The fourth-order valence-electron chi connectivity index (χ4n) is 5.04. The predicted molar refractivity (Wildman–Crippen MR) is 127 cm³/mol. The summed E-state index contributed by atoms with van der Waals surface area (Å²) < 4.78 is 12.7. The molecule has 8 heteroatoms. The van der Waals surface area contributed by atoms with Crippen molar-refractivity contribution in [1.29, 1.82) is 0 Å². The molecule has 0 N–H and O–H groups in total. The van der Waals surface area contributed by atoms with Gasteiger partial charge in [0.25, 0.3) is 5.91 Å². The molecule has 0 atom stereocenters. The lowest BCUT2D eigenvalue weighted by molar-refractivity contribution is 0.0513. The Morgan fingerprint density at radius 2 is 1.97 bits per heavy atom. The van der Waals surface area contributed by atoms with Crippen molar-refractivity contribution in [3.05, 3.63) is 76.0 Å². The van der Waals surface area contributed by atoms with Crippen LogP contribution in [0, 0.1) is 0 Å². The molecule has 0 unspecified atom stereocenters. The number of aryl methyl sites for hydroxylation is 3. The highest BCUT2D eigenvalue weighted by Crippen LogP contribution is 2.30. The molecule has 0 bridgehead atoms. The number of furan rings is 1. The highest BCUT2D eigenvalue weighted by molar-refractivity contribution is 6.09. The molecule has 0 saturated heterocycles. The summed E-state index contributed by atoms with van der Waals surface area (Å²) >= 11 is 0. The molecule has 182 valence electrons. The van der Waals surface area contributed by atoms with E-state index in [0.29, 0.717) is 49.2 Å². The Hall–Kier alpha value is -3.68. The molecule has 0 fully saturated rings. The van der Waals surface area contributed by atoms with Crippen LogP contribution in [0.3, 0.4) is 0 Å². The number of ketones is 1. The lowest BCUT2D eigenvalue weighted by Gasteiger charge is -2.28. The van der Waals surface area contributed by atoms with E-state index >= 15 is 0 Å². The molecule has 8 nitrogen and oxygen atoms in total. The Kier molecular flexibility index (Phi) is 6.53. The van der Waals surface area contributed by atoms with Crippen LogP contribution in [0.1, 0.15) is 80.0 Å². The number of ether oxygens (including phenoxy) is 1. The second-order valence-corrected chi connectivity index (χ2v) is 9.01. The standard InChI is InChI=1S/C27H29N3O5/c1-2-34-27(33)25-19-16-29(26(32)20-17-35-23-12-6-11-22(31)24(20)23)15-13-21(19)30(28-25)14-7-10-18-8-4-3-5-9-18/h3-5,8-9,17H,2,6-7,10-16H2,1H3. The highest BCUT2D eigenvalue weighted by Gasteiger charge is 2.34. The molecule has 1 aliphatic carbocycles. The van der Waals surface area contributed by atoms with Gasteiger partial charge in [0.2, 0.25) is 0 Å². The van der Waals surface area contributed by atoms with Crippen molar-refractivity contribution in [3.8, 4) is 0 Å². The lowest BCUT2D eigenvalue weighted by atomic mass is 9.93. The van der Waals surface area contributed by atoms with Crippen LogP contribution in [0.4, 0.5) is 0 Å². The van der Waals surface area contributed by atoms with Crippen LogP contribution in [-0.2, 0) is 37.1 Å². The van der Waals surface area contributed by atoms with Crippen molar-refractivity contribution in [2.45, 2.75) is 58.5 Å². The van der Waals surface area contributed by atoms with Gasteiger partial charge in [0.1, 0.15) is 12.0 Å². The second kappa shape index (κ2) is 9.90. The molecule has 2 aliphatic rings. The molecule has 0 saturated carbocycles. The van der Waals surface area contributed by atoms with Gasteiger partial charge in [-0.1, -0.05) is 30.3 Å². The second-order valence-electron chi connectivity index (χ2n) is 9.01. The normalized spacial score (nSPS) is 15.0. The predicted octanol–water partition coefficient (Wildman–Crippen LogP) is 4.00. The molecule has 1 aliphatic heterocycles. The summed E-state index contributed by atoms with van der Waals surface area (Å²) in [5, 5.41) is 4.61. The molecule has 3 aromatic rings. The molecule has 5 rings (SSSR count). The number of rotatable bonds is 7. The number of fused-ring (bicyclic) bond motifs is 2. The number of carbonyl (C=O) groups is 3. The molecule has 1 aromatic carbocycles. The van der Waals surface area contributed by atoms with E-state index in [1.54, 1.807) is 11.8 Å². The van der Waals surface area contributed by atoms with E-state index in [1.165, 1.54) is 11.8 Å². The number of hydrogen-bond acceptors (Lipinski definition) is 6. The minimum Gasteiger partial charge on any atom is -0.468 e. The molecule has 1 amide bonds. The van der Waals surface area contributed by atoms with Crippen LogP contribution in [0.2, 0.25) is 0 Å². The zero-order valence-electron chi connectivity index (χ0n) is 19.9. The first-order chi connectivity index (χ1) is 17.1. The smallest absolute Gasteiger partial charge is 0.359 e. The molecular formula is C27H29N3O5. The van der Waals surface area contributed by atoms with Gasteiger partial charge in [-0.3, -0.25) is 14.3 Å². The maximum atomic E-state index is 13.4. The van der Waals surface area contributed by atoms with Crippen LogP contribution in [0.15, 0.2) is 41.0 Å². The van der Waals surface area contributed by atoms with E-state index in [9.17, 15) is 14.4 Å². The number of Topliss-reactive ketones (excluding diaryl/α,β-unsaturated/α-hetero) is 1. The molecule has 0 spiro atoms. The molecular weight excluding hydrogens is 446 g/mol. The van der Waals surface area contributed by atoms with Crippen LogP contribution >= 0.6 is 0 Å². The van der Waals surface area contributed by atoms with Crippen LogP contribution in [0.5, 0.6) is 0 Å². The van der Waals surface area contributed by atoms with Gasteiger partial charge in [0.15, 0.2) is 11.5 Å². The monoisotopic (exact) mass is 475 g/mol. The zero-order chi connectivity index (χ0) is 24.4. The van der Waals surface area contributed by atoms with Gasteiger partial charge < -0.3 is 14.1 Å². The fraction of sp³-hybridized carbons (Fsp3) is 0.407. The summed E-state index contributed by atoms with van der Waals surface area (Å²) in [6, 6.07) is 10.3. The number of nitrogens with zero attached hydrogens (tertiary/aromatic N) is 3. The first-order valence-corrected chi connectivity index (χ1v) is 12.3. The fourth-order valence-corrected chi connectivity index (χ4v) is 5.04. The van der Waals surface area contributed by atoms with Gasteiger partial charge in [-0.15, -0.1) is 0 Å². The largest absolute Gasteiger partial charge is 0.468 e. The van der Waals surface area contributed by atoms with Gasteiger partial charge in [-0.05, 0) is 31.7 Å². The van der Waals surface area contributed by atoms with Gasteiger partial charge in [0, 0.05) is 43.6 Å². The van der Waals surface area contributed by atoms with Crippen LogP contribution in [-0.4, -0.2) is 45.5 Å². The van der Waals surface area contributed by atoms with E-state index in [4.69, 9.17) is 9.15 Å². The van der Waals surface area contributed by atoms with E-state index in [1.807, 2.05) is 22.9 Å². The van der Waals surface area contributed by atoms with Crippen molar-refractivity contribution in [2.75, 3.05) is 13.2 Å². The maximum Gasteiger partial charge on any atom is 0.359 e. The molecule has 0 radical (unpaired) electrons. The third kappa shape index (κ3) is 4.52. The van der Waals surface area contributed by atoms with Crippen molar-refractivity contribution in [3.63, 3.8) is 0 Å². The Morgan fingerprint density at radius 3 is 2.77 bits per heavy atom. The van der Waals surface area contributed by atoms with Crippen molar-refractivity contribution >= 4 is 17.7 Å². The molecule has 3 heterocycles. The zero-order valence-corrected chi connectivity index (χ0v) is 19.9. The van der Waals surface area contributed by atoms with E-state index in [-0.39, 0.29) is 30.5 Å². The van der Waals surface area contributed by atoms with Crippen molar-refractivity contribution < 1.29 is 23.5 Å². The first kappa shape index (κ1) is 23.1. The first-order valence-electron chi connectivity index (χ1n) is 12.3. The number of benzene rings is 1. The number of carbonyl (C=O) groups excluding carboxylic acids is 3. The number of hydrogen-bond donors (Lipinski definition) is 0. The van der Waals surface area contributed by atoms with Crippen LogP contribution in [0.25, 0.3) is 0 Å². The Balaban J connectivity index is 1.38. The average molecular weight is 476 g/mol. The van der Waals surface area contributed by atoms with Crippen LogP contribution < -0.4 is 0 Å². The van der Waals surface area contributed by atoms with Gasteiger partial charge in [0.05, 0.1) is 24.3 Å². The summed E-state index contributed by atoms with van der Waals surface area (Å²) in [4.78, 5) is 40.2. The van der Waals surface area contributed by atoms with Crippen molar-refractivity contribution in [2.24, 2.45) is 0 Å². The average Bonchev–Trinajstić information content (AvgIpc) is 3.47. The lowest BCUT2D eigenvalue weighted by Crippen LogP contribution is -2.37. The molecule has 35 heavy (non-hydrogen) atoms.